The van der Waals surface area contributed by atoms with Crippen molar-refractivity contribution < 1.29 is 22.7 Å². The molecule has 1 fully saturated rings. The largest absolute Gasteiger partial charge is 0.496 e. The highest BCUT2D eigenvalue weighted by Crippen LogP contribution is 2.28. The molecule has 0 atom stereocenters. The van der Waals surface area contributed by atoms with Crippen molar-refractivity contribution in [1.29, 1.82) is 0 Å². The molecule has 35 heavy (non-hydrogen) atoms. The molecular weight excluding hydrogens is 464 g/mol. The van der Waals surface area contributed by atoms with Crippen molar-refractivity contribution >= 4 is 21.6 Å². The molecular formula is C27H30N2O5S. The van der Waals surface area contributed by atoms with Crippen LogP contribution in [-0.4, -0.2) is 39.4 Å². The van der Waals surface area contributed by atoms with E-state index in [1.807, 2.05) is 30.3 Å². The lowest BCUT2D eigenvalue weighted by molar-refractivity contribution is 0.0693. The van der Waals surface area contributed by atoms with Crippen LogP contribution in [0.3, 0.4) is 0 Å². The molecule has 0 bridgehead atoms. The predicted molar refractivity (Wildman–Crippen MR) is 135 cm³/mol. The number of amides is 1. The van der Waals surface area contributed by atoms with E-state index >= 15 is 0 Å². The number of carbonyl (C=O) groups is 1. The number of piperidine rings is 1. The molecule has 1 heterocycles. The molecule has 0 unspecified atom stereocenters. The van der Waals surface area contributed by atoms with Crippen molar-refractivity contribution in [3.63, 3.8) is 0 Å². The summed E-state index contributed by atoms with van der Waals surface area (Å²) in [6, 6.07) is 20.8. The lowest BCUT2D eigenvalue weighted by Gasteiger charge is -2.30. The van der Waals surface area contributed by atoms with E-state index in [1.54, 1.807) is 29.2 Å². The van der Waals surface area contributed by atoms with E-state index in [4.69, 9.17) is 9.47 Å². The summed E-state index contributed by atoms with van der Waals surface area (Å²) in [5, 5.41) is 0. The average Bonchev–Trinajstić information content (AvgIpc) is 2.88. The van der Waals surface area contributed by atoms with Crippen molar-refractivity contribution in [3.8, 4) is 11.5 Å². The topological polar surface area (TPSA) is 84.9 Å². The number of methoxy groups -OCH3 is 1. The Balaban J connectivity index is 1.47. The SMILES string of the molecule is COc1ccc(S(=O)(=O)Nc2ccc(OCc3ccccc3)cc2)cc1C(=O)N1CCC(C)CC1. The fraction of sp³-hybridized carbons (Fsp3) is 0.296. The van der Waals surface area contributed by atoms with Crippen molar-refractivity contribution in [2.75, 3.05) is 24.9 Å². The second-order valence-electron chi connectivity index (χ2n) is 8.74. The van der Waals surface area contributed by atoms with E-state index in [2.05, 4.69) is 11.6 Å². The Morgan fingerprint density at radius 2 is 1.69 bits per heavy atom. The molecule has 4 rings (SSSR count). The molecule has 8 heteroatoms. The highest BCUT2D eigenvalue weighted by atomic mass is 32.2. The maximum Gasteiger partial charge on any atom is 0.261 e. The molecule has 1 amide bonds. The Bertz CT molecular complexity index is 1250. The van der Waals surface area contributed by atoms with Gasteiger partial charge in [-0.25, -0.2) is 8.42 Å². The number of nitrogens with one attached hydrogen (secondary N) is 1. The number of sulfonamides is 1. The maximum atomic E-state index is 13.1. The van der Waals surface area contributed by atoms with Crippen LogP contribution >= 0.6 is 0 Å². The third kappa shape index (κ3) is 6.14. The lowest BCUT2D eigenvalue weighted by Crippen LogP contribution is -2.38. The van der Waals surface area contributed by atoms with Gasteiger partial charge in [0.05, 0.1) is 17.6 Å². The quantitative estimate of drug-likeness (QED) is 0.479. The number of rotatable bonds is 8. The zero-order valence-corrected chi connectivity index (χ0v) is 20.8. The summed E-state index contributed by atoms with van der Waals surface area (Å²) < 4.78 is 39.9. The molecule has 0 radical (unpaired) electrons. The normalized spacial score (nSPS) is 14.4. The van der Waals surface area contributed by atoms with Gasteiger partial charge >= 0.3 is 0 Å². The van der Waals surface area contributed by atoms with Crippen molar-refractivity contribution in [2.24, 2.45) is 5.92 Å². The highest BCUT2D eigenvalue weighted by Gasteiger charge is 2.26. The number of benzene rings is 3. The van der Waals surface area contributed by atoms with E-state index in [0.29, 0.717) is 42.8 Å². The summed E-state index contributed by atoms with van der Waals surface area (Å²) in [5.74, 6) is 1.34. The van der Waals surface area contributed by atoms with Crippen LogP contribution in [0.4, 0.5) is 5.69 Å². The summed E-state index contributed by atoms with van der Waals surface area (Å²) in [4.78, 5) is 14.9. The van der Waals surface area contributed by atoms with Gasteiger partial charge in [-0.1, -0.05) is 37.3 Å². The van der Waals surface area contributed by atoms with Gasteiger partial charge in [0.15, 0.2) is 0 Å². The molecule has 184 valence electrons. The zero-order valence-electron chi connectivity index (χ0n) is 19.9. The summed E-state index contributed by atoms with van der Waals surface area (Å²) >= 11 is 0. The van der Waals surface area contributed by atoms with Crippen molar-refractivity contribution in [3.05, 3.63) is 83.9 Å². The number of ether oxygens (including phenoxy) is 2. The summed E-state index contributed by atoms with van der Waals surface area (Å²) in [6.45, 7) is 3.89. The van der Waals surface area contributed by atoms with Gasteiger partial charge < -0.3 is 14.4 Å². The van der Waals surface area contributed by atoms with Crippen LogP contribution in [0.15, 0.2) is 77.7 Å². The number of anilines is 1. The first-order valence-electron chi connectivity index (χ1n) is 11.6. The van der Waals surface area contributed by atoms with Crippen LogP contribution in [0, 0.1) is 5.92 Å². The number of nitrogens with zero attached hydrogens (tertiary/aromatic N) is 1. The van der Waals surface area contributed by atoms with Crippen molar-refractivity contribution in [2.45, 2.75) is 31.3 Å². The fourth-order valence-electron chi connectivity index (χ4n) is 3.98. The Hall–Kier alpha value is -3.52. The molecule has 1 N–H and O–H groups in total. The third-order valence-corrected chi connectivity index (χ3v) is 7.52. The highest BCUT2D eigenvalue weighted by molar-refractivity contribution is 7.92. The maximum absolute atomic E-state index is 13.1. The molecule has 3 aromatic carbocycles. The standard InChI is InChI=1S/C27H30N2O5S/c1-20-14-16-29(17-15-20)27(30)25-18-24(12-13-26(25)33-2)35(31,32)28-22-8-10-23(11-9-22)34-19-21-6-4-3-5-7-21/h3-13,18,20,28H,14-17,19H2,1-2H3. The van der Waals surface area contributed by atoms with Gasteiger partial charge in [0.25, 0.3) is 15.9 Å². The minimum atomic E-state index is -3.92. The number of likely N-dealkylation sites (tertiary alicyclic amines) is 1. The van der Waals surface area contributed by atoms with Crippen LogP contribution in [0.25, 0.3) is 0 Å². The molecule has 7 nitrogen and oxygen atoms in total. The van der Waals surface area contributed by atoms with E-state index < -0.39 is 10.0 Å². The molecule has 0 saturated carbocycles. The van der Waals surface area contributed by atoms with Crippen LogP contribution in [0.1, 0.15) is 35.7 Å². The third-order valence-electron chi connectivity index (χ3n) is 6.14. The first kappa shape index (κ1) is 24.6. The Kier molecular flexibility index (Phi) is 7.60. The fourth-order valence-corrected chi connectivity index (χ4v) is 5.06. The first-order valence-corrected chi connectivity index (χ1v) is 13.1. The van der Waals surface area contributed by atoms with Crippen LogP contribution in [-0.2, 0) is 16.6 Å². The number of hydrogen-bond acceptors (Lipinski definition) is 5. The van der Waals surface area contributed by atoms with E-state index in [1.165, 1.54) is 25.3 Å². The monoisotopic (exact) mass is 494 g/mol. The average molecular weight is 495 g/mol. The summed E-state index contributed by atoms with van der Waals surface area (Å²) in [5.41, 5.74) is 1.68. The Labute approximate surface area is 206 Å². The smallest absolute Gasteiger partial charge is 0.261 e. The number of carbonyl (C=O) groups excluding carboxylic acids is 1. The Morgan fingerprint density at radius 3 is 2.34 bits per heavy atom. The van der Waals surface area contributed by atoms with E-state index in [0.717, 1.165) is 18.4 Å². The molecule has 1 aliphatic rings. The second-order valence-corrected chi connectivity index (χ2v) is 10.4. The summed E-state index contributed by atoms with van der Waals surface area (Å²) in [7, 11) is -2.45. The van der Waals surface area contributed by atoms with Crippen LogP contribution in [0.5, 0.6) is 11.5 Å². The van der Waals surface area contributed by atoms with Crippen LogP contribution < -0.4 is 14.2 Å². The van der Waals surface area contributed by atoms with E-state index in [9.17, 15) is 13.2 Å². The second kappa shape index (κ2) is 10.8. The van der Waals surface area contributed by atoms with Gasteiger partial charge in [0.2, 0.25) is 0 Å². The van der Waals surface area contributed by atoms with Gasteiger partial charge in [0.1, 0.15) is 18.1 Å². The molecule has 1 saturated heterocycles. The van der Waals surface area contributed by atoms with Gasteiger partial charge in [-0.2, -0.15) is 0 Å². The van der Waals surface area contributed by atoms with Gasteiger partial charge in [-0.05, 0) is 66.8 Å². The molecule has 1 aliphatic heterocycles. The van der Waals surface area contributed by atoms with Gasteiger partial charge in [-0.15, -0.1) is 0 Å². The minimum Gasteiger partial charge on any atom is -0.496 e. The van der Waals surface area contributed by atoms with Crippen LogP contribution in [0.2, 0.25) is 0 Å². The van der Waals surface area contributed by atoms with E-state index in [-0.39, 0.29) is 16.4 Å². The molecule has 3 aromatic rings. The first-order chi connectivity index (χ1) is 16.9. The predicted octanol–water partition coefficient (Wildman–Crippen LogP) is 4.95. The summed E-state index contributed by atoms with van der Waals surface area (Å²) in [6.07, 6.45) is 1.86. The number of hydrogen-bond donors (Lipinski definition) is 1. The molecule has 0 spiro atoms. The van der Waals surface area contributed by atoms with Gasteiger partial charge in [0, 0.05) is 18.8 Å². The molecule has 0 aliphatic carbocycles. The Morgan fingerprint density at radius 1 is 1.00 bits per heavy atom. The zero-order chi connectivity index (χ0) is 24.8. The lowest BCUT2D eigenvalue weighted by atomic mass is 9.98. The molecule has 0 aromatic heterocycles. The minimum absolute atomic E-state index is 0.00330. The van der Waals surface area contributed by atoms with Gasteiger partial charge in [-0.3, -0.25) is 9.52 Å². The van der Waals surface area contributed by atoms with Crippen molar-refractivity contribution in [1.82, 2.24) is 4.90 Å².